The molecule has 26 heavy (non-hydrogen) atoms. The Morgan fingerprint density at radius 3 is 2.35 bits per heavy atom. The lowest BCUT2D eigenvalue weighted by Gasteiger charge is -2.36. The van der Waals surface area contributed by atoms with Gasteiger partial charge in [-0.15, -0.1) is 24.8 Å². The number of β-amino-alcohol motifs (C(OH)–C–C–N with tert-alkyl or cyclic N) is 1. The summed E-state index contributed by atoms with van der Waals surface area (Å²) in [6.07, 6.45) is 0. The molecule has 0 bridgehead atoms. The fraction of sp³-hybridized carbons (Fsp3) is 0.316. The van der Waals surface area contributed by atoms with E-state index in [9.17, 15) is 5.11 Å². The number of piperazine rings is 1. The number of aliphatic imine (C=N–C) groups is 1. The van der Waals surface area contributed by atoms with Gasteiger partial charge in [-0.05, 0) is 18.2 Å². The number of aliphatic hydroxyl groups is 1. The van der Waals surface area contributed by atoms with Gasteiger partial charge in [0.25, 0.3) is 0 Å². The van der Waals surface area contributed by atoms with Gasteiger partial charge in [0.15, 0.2) is 0 Å². The van der Waals surface area contributed by atoms with Crippen LogP contribution in [0.1, 0.15) is 16.5 Å². The van der Waals surface area contributed by atoms with Gasteiger partial charge in [-0.25, -0.2) is 4.99 Å². The summed E-state index contributed by atoms with van der Waals surface area (Å²) in [6, 6.07) is 13.9. The van der Waals surface area contributed by atoms with Gasteiger partial charge < -0.3 is 10.0 Å². The molecule has 0 aliphatic carbocycles. The first-order chi connectivity index (χ1) is 14.9. The Labute approximate surface area is 182 Å². The second-order valence-corrected chi connectivity index (χ2v) is 6.24. The van der Waals surface area contributed by atoms with Crippen LogP contribution in [0.5, 0.6) is 0 Å². The molecule has 4 nitrogen and oxygen atoms in total. The second kappa shape index (κ2) is 9.62. The molecule has 2 aliphatic heterocycles. The topological polar surface area (TPSA) is 39.1 Å². The van der Waals surface area contributed by atoms with Crippen LogP contribution in [0.2, 0.25) is 0 Å². The second-order valence-electron chi connectivity index (χ2n) is 5.16. The molecule has 0 spiro atoms. The quantitative estimate of drug-likeness (QED) is 0.805. The van der Waals surface area contributed by atoms with E-state index >= 15 is 0 Å². The molecule has 4 rings (SSSR count). The number of nitrogens with zero attached hydrogens (tertiary/aromatic N) is 3. The zero-order valence-electron chi connectivity index (χ0n) is 21.5. The highest BCUT2D eigenvalue weighted by Gasteiger charge is 2.24. The average Bonchev–Trinajstić information content (AvgIpc) is 2.87. The first kappa shape index (κ1) is 12.3. The Kier molecular flexibility index (Phi) is 4.54. The predicted octanol–water partition coefficient (Wildman–Crippen LogP) is 3.68. The highest BCUT2D eigenvalue weighted by Crippen LogP contribution is 2.40. The molecule has 1 fully saturated rings. The van der Waals surface area contributed by atoms with Crippen LogP contribution in [0.3, 0.4) is 0 Å². The average molecular weight is 420 g/mol. The molecular formula is C19H23Cl2N3OS. The summed E-state index contributed by atoms with van der Waals surface area (Å²) in [5, 5.41) is 9.35. The van der Waals surface area contributed by atoms with E-state index in [1.54, 1.807) is 36.4 Å². The Morgan fingerprint density at radius 1 is 0.962 bits per heavy atom. The third-order valence-corrected chi connectivity index (χ3v) is 4.71. The number of halogens is 2. The standard InChI is InChI=1S/C19H21N3OS.2ClH/c23-14-13-21-9-11-22(12-10-21)19-15-5-1-3-7-17(15)24-18-8-4-2-6-16(18)20-19;;/h1-8,23H,9-14H2;2*1H/i9D2,10D2,11D2,12D2;;. The Morgan fingerprint density at radius 2 is 1.62 bits per heavy atom. The monoisotopic (exact) mass is 419 g/mol. The molecule has 0 radical (unpaired) electrons. The van der Waals surface area contributed by atoms with E-state index in [2.05, 4.69) is 4.99 Å². The number of amidine groups is 1. The molecule has 2 aromatic rings. The molecular weight excluding hydrogens is 389 g/mol. The predicted molar refractivity (Wildman–Crippen MR) is 113 cm³/mol. The van der Waals surface area contributed by atoms with Crippen LogP contribution in [0.15, 0.2) is 63.3 Å². The maximum atomic E-state index is 9.35. The summed E-state index contributed by atoms with van der Waals surface area (Å²) in [5.74, 6) is -0.204. The lowest BCUT2D eigenvalue weighted by Crippen LogP contribution is -2.49. The summed E-state index contributed by atoms with van der Waals surface area (Å²) in [4.78, 5) is 6.83. The van der Waals surface area contributed by atoms with E-state index < -0.39 is 39.1 Å². The largest absolute Gasteiger partial charge is 0.395 e. The van der Waals surface area contributed by atoms with Gasteiger partial charge in [0.05, 0.1) is 17.8 Å². The Hall–Kier alpha value is -1.24. The van der Waals surface area contributed by atoms with Crippen LogP contribution in [0.4, 0.5) is 5.69 Å². The molecule has 140 valence electrons. The van der Waals surface area contributed by atoms with Gasteiger partial charge in [0, 0.05) is 53.4 Å². The van der Waals surface area contributed by atoms with Crippen molar-refractivity contribution in [2.24, 2.45) is 4.99 Å². The molecule has 0 saturated carbocycles. The molecule has 0 aromatic heterocycles. The number of hydrogen-bond donors (Lipinski definition) is 1. The summed E-state index contributed by atoms with van der Waals surface area (Å²) in [6.45, 7) is -13.4. The third kappa shape index (κ3) is 4.35. The first-order valence-electron chi connectivity index (χ1n) is 11.5. The Bertz CT molecular complexity index is 1060. The minimum Gasteiger partial charge on any atom is -0.395 e. The number of fused-ring (bicyclic) bond motifs is 2. The van der Waals surface area contributed by atoms with E-state index in [0.717, 1.165) is 4.90 Å². The number of rotatable bonds is 2. The van der Waals surface area contributed by atoms with Crippen LogP contribution in [0, 0.1) is 0 Å². The SMILES string of the molecule is Cl.Cl.[2H]C1([2H])N(CCO)C([2H])([2H])C([2H])([2H])N(C2=Nc3ccccc3Sc3ccccc32)C1([2H])[2H]. The summed E-state index contributed by atoms with van der Waals surface area (Å²) >= 11 is 1.36. The van der Waals surface area contributed by atoms with E-state index in [4.69, 9.17) is 11.0 Å². The summed E-state index contributed by atoms with van der Waals surface area (Å²) in [5.41, 5.74) is 0.804. The molecule has 1 N–H and O–H groups in total. The minimum absolute atomic E-state index is 0. The molecule has 0 atom stereocenters. The van der Waals surface area contributed by atoms with Crippen LogP contribution in [-0.4, -0.2) is 59.9 Å². The van der Waals surface area contributed by atoms with Crippen LogP contribution in [0.25, 0.3) is 0 Å². The van der Waals surface area contributed by atoms with Crippen molar-refractivity contribution in [2.45, 2.75) is 9.79 Å². The maximum absolute atomic E-state index is 9.35. The molecule has 0 amide bonds. The van der Waals surface area contributed by atoms with E-state index in [0.29, 0.717) is 25.9 Å². The molecule has 2 aromatic carbocycles. The van der Waals surface area contributed by atoms with Gasteiger partial charge in [-0.2, -0.15) is 0 Å². The van der Waals surface area contributed by atoms with Gasteiger partial charge in [0.1, 0.15) is 5.84 Å². The molecule has 2 heterocycles. The number of aliphatic hydroxyl groups excluding tert-OH is 1. The molecule has 2 aliphatic rings. The van der Waals surface area contributed by atoms with Crippen LogP contribution in [-0.2, 0) is 0 Å². The fourth-order valence-electron chi connectivity index (χ4n) is 2.43. The first-order valence-corrected chi connectivity index (χ1v) is 8.33. The summed E-state index contributed by atoms with van der Waals surface area (Å²) in [7, 11) is 0. The molecule has 7 heteroatoms. The highest BCUT2D eigenvalue weighted by atomic mass is 35.5. The van der Waals surface area contributed by atoms with Crippen molar-refractivity contribution in [3.05, 3.63) is 54.1 Å². The Balaban J connectivity index is 0.00000204. The smallest absolute Gasteiger partial charge is 0.137 e. The van der Waals surface area contributed by atoms with Crippen LogP contribution < -0.4 is 0 Å². The van der Waals surface area contributed by atoms with Crippen molar-refractivity contribution < 1.29 is 16.1 Å². The lowest BCUT2D eigenvalue weighted by molar-refractivity contribution is 0.147. The van der Waals surface area contributed by atoms with Gasteiger partial charge in [-0.1, -0.05) is 42.1 Å². The normalized spacial score (nSPS) is 28.7. The zero-order valence-corrected chi connectivity index (χ0v) is 16.0. The minimum atomic E-state index is -3.05. The zero-order chi connectivity index (χ0) is 23.5. The maximum Gasteiger partial charge on any atom is 0.137 e. The van der Waals surface area contributed by atoms with Crippen molar-refractivity contribution in [1.82, 2.24) is 9.80 Å². The highest BCUT2D eigenvalue weighted by molar-refractivity contribution is 7.99. The van der Waals surface area contributed by atoms with Crippen molar-refractivity contribution in [3.8, 4) is 0 Å². The fourth-order valence-corrected chi connectivity index (χ4v) is 3.45. The number of para-hydroxylation sites is 1. The van der Waals surface area contributed by atoms with Crippen molar-refractivity contribution in [1.29, 1.82) is 0 Å². The van der Waals surface area contributed by atoms with E-state index in [1.165, 1.54) is 11.8 Å². The summed E-state index contributed by atoms with van der Waals surface area (Å²) < 4.78 is 68.5. The van der Waals surface area contributed by atoms with Gasteiger partial charge in [0.2, 0.25) is 0 Å². The van der Waals surface area contributed by atoms with Crippen LogP contribution >= 0.6 is 36.6 Å². The van der Waals surface area contributed by atoms with Gasteiger partial charge >= 0.3 is 0 Å². The van der Waals surface area contributed by atoms with Crippen molar-refractivity contribution in [3.63, 3.8) is 0 Å². The van der Waals surface area contributed by atoms with E-state index in [1.807, 2.05) is 12.1 Å². The number of benzene rings is 2. The van der Waals surface area contributed by atoms with Crippen molar-refractivity contribution in [2.75, 3.05) is 39.1 Å². The molecule has 1 saturated heterocycles. The number of hydrogen-bond acceptors (Lipinski definition) is 5. The van der Waals surface area contributed by atoms with Crippen molar-refractivity contribution >= 4 is 48.1 Å². The van der Waals surface area contributed by atoms with Gasteiger partial charge in [-0.3, -0.25) is 4.90 Å². The van der Waals surface area contributed by atoms with E-state index in [-0.39, 0.29) is 30.6 Å². The third-order valence-electron chi connectivity index (χ3n) is 3.57. The molecule has 0 unspecified atom stereocenters. The lowest BCUT2D eigenvalue weighted by atomic mass is 10.1.